The molecule has 1 N–H and O–H groups in total. The number of urea groups is 1. The third-order valence-electron chi connectivity index (χ3n) is 3.65. The van der Waals surface area contributed by atoms with Gasteiger partial charge < -0.3 is 14.9 Å². The Labute approximate surface area is 115 Å². The number of hydrogen-bond donors (Lipinski definition) is 1. The average Bonchev–Trinajstić information content (AvgIpc) is 2.71. The zero-order valence-electron chi connectivity index (χ0n) is 12.6. The van der Waals surface area contributed by atoms with Crippen molar-refractivity contribution in [2.45, 2.75) is 59.0 Å². The third-order valence-corrected chi connectivity index (χ3v) is 3.65. The van der Waals surface area contributed by atoms with E-state index in [1.165, 1.54) is 4.90 Å². The fourth-order valence-electron chi connectivity index (χ4n) is 2.61. The van der Waals surface area contributed by atoms with Crippen molar-refractivity contribution in [3.63, 3.8) is 0 Å². The summed E-state index contributed by atoms with van der Waals surface area (Å²) in [6, 6.07) is 0.0808. The first-order valence-electron chi connectivity index (χ1n) is 6.94. The average molecular weight is 270 g/mol. The van der Waals surface area contributed by atoms with Crippen LogP contribution in [0, 0.1) is 5.92 Å². The summed E-state index contributed by atoms with van der Waals surface area (Å²) in [5.41, 5.74) is -0.487. The second kappa shape index (κ2) is 5.80. The van der Waals surface area contributed by atoms with Gasteiger partial charge in [0.15, 0.2) is 0 Å². The van der Waals surface area contributed by atoms with Gasteiger partial charge in [0.25, 0.3) is 0 Å². The highest BCUT2D eigenvalue weighted by Crippen LogP contribution is 2.27. The molecular weight excluding hydrogens is 244 g/mol. The lowest BCUT2D eigenvalue weighted by Crippen LogP contribution is -2.55. The SMILES string of the molecule is CC(C)C1CCCN1C(=O)N(CC(=O)O)C(C)(C)C. The van der Waals surface area contributed by atoms with Crippen molar-refractivity contribution in [1.82, 2.24) is 9.80 Å². The number of rotatable bonds is 3. The number of amides is 2. The van der Waals surface area contributed by atoms with E-state index in [2.05, 4.69) is 13.8 Å². The van der Waals surface area contributed by atoms with Crippen molar-refractivity contribution in [3.8, 4) is 0 Å². The summed E-state index contributed by atoms with van der Waals surface area (Å²) in [6.07, 6.45) is 2.01. The summed E-state index contributed by atoms with van der Waals surface area (Å²) in [5.74, 6) is -0.568. The molecule has 1 unspecified atom stereocenters. The van der Waals surface area contributed by atoms with Crippen LogP contribution in [-0.2, 0) is 4.79 Å². The van der Waals surface area contributed by atoms with E-state index in [9.17, 15) is 9.59 Å². The molecule has 0 radical (unpaired) electrons. The molecule has 5 nitrogen and oxygen atoms in total. The molecule has 0 aliphatic carbocycles. The summed E-state index contributed by atoms with van der Waals surface area (Å²) in [7, 11) is 0. The Morgan fingerprint density at radius 2 is 1.95 bits per heavy atom. The molecule has 110 valence electrons. The van der Waals surface area contributed by atoms with Crippen LogP contribution in [-0.4, -0.2) is 51.6 Å². The standard InChI is InChI=1S/C14H26N2O3/c1-10(2)11-7-6-8-15(11)13(19)16(9-12(17)18)14(3,4)5/h10-11H,6-9H2,1-5H3,(H,17,18). The van der Waals surface area contributed by atoms with Gasteiger partial charge in [-0.15, -0.1) is 0 Å². The van der Waals surface area contributed by atoms with Crippen LogP contribution in [0.2, 0.25) is 0 Å². The summed E-state index contributed by atoms with van der Waals surface area (Å²) in [5, 5.41) is 9.00. The summed E-state index contributed by atoms with van der Waals surface area (Å²) in [6.45, 7) is 10.3. The van der Waals surface area contributed by atoms with Gasteiger partial charge in [0, 0.05) is 18.1 Å². The second-order valence-electron chi connectivity index (χ2n) is 6.58. The largest absolute Gasteiger partial charge is 0.480 e. The molecule has 1 aliphatic heterocycles. The molecule has 0 bridgehead atoms. The molecule has 19 heavy (non-hydrogen) atoms. The molecule has 1 saturated heterocycles. The number of carboxylic acids is 1. The van der Waals surface area contributed by atoms with Crippen LogP contribution in [0.3, 0.4) is 0 Å². The van der Waals surface area contributed by atoms with Gasteiger partial charge in [-0.1, -0.05) is 13.8 Å². The lowest BCUT2D eigenvalue weighted by atomic mass is 10.0. The predicted octanol–water partition coefficient (Wildman–Crippen LogP) is 2.41. The number of carboxylic acid groups (broad SMARTS) is 1. The number of carbonyl (C=O) groups is 2. The van der Waals surface area contributed by atoms with Crippen LogP contribution in [0.25, 0.3) is 0 Å². The highest BCUT2D eigenvalue weighted by atomic mass is 16.4. The number of nitrogens with zero attached hydrogens (tertiary/aromatic N) is 2. The molecule has 1 heterocycles. The fraction of sp³-hybridized carbons (Fsp3) is 0.857. The van der Waals surface area contributed by atoms with Crippen molar-refractivity contribution >= 4 is 12.0 Å². The molecule has 1 atom stereocenters. The Hall–Kier alpha value is -1.26. The van der Waals surface area contributed by atoms with Crippen molar-refractivity contribution < 1.29 is 14.7 Å². The van der Waals surface area contributed by atoms with E-state index in [1.54, 1.807) is 0 Å². The van der Waals surface area contributed by atoms with E-state index in [1.807, 2.05) is 25.7 Å². The number of likely N-dealkylation sites (tertiary alicyclic amines) is 1. The minimum atomic E-state index is -0.969. The highest BCUT2D eigenvalue weighted by molar-refractivity contribution is 5.81. The van der Waals surface area contributed by atoms with Crippen molar-refractivity contribution in [1.29, 1.82) is 0 Å². The molecule has 0 aromatic carbocycles. The van der Waals surface area contributed by atoms with Crippen LogP contribution in [0.15, 0.2) is 0 Å². The van der Waals surface area contributed by atoms with Gasteiger partial charge in [0.05, 0.1) is 0 Å². The molecule has 1 rings (SSSR count). The van der Waals surface area contributed by atoms with E-state index < -0.39 is 11.5 Å². The molecule has 1 aliphatic rings. The lowest BCUT2D eigenvalue weighted by molar-refractivity contribution is -0.138. The van der Waals surface area contributed by atoms with E-state index in [4.69, 9.17) is 5.11 Å². The topological polar surface area (TPSA) is 60.9 Å². The van der Waals surface area contributed by atoms with E-state index in [0.717, 1.165) is 19.4 Å². The maximum Gasteiger partial charge on any atom is 0.323 e. The van der Waals surface area contributed by atoms with Crippen LogP contribution in [0.5, 0.6) is 0 Å². The smallest absolute Gasteiger partial charge is 0.323 e. The van der Waals surface area contributed by atoms with Crippen LogP contribution in [0.4, 0.5) is 4.79 Å². The van der Waals surface area contributed by atoms with Crippen LogP contribution >= 0.6 is 0 Å². The fourth-order valence-corrected chi connectivity index (χ4v) is 2.61. The lowest BCUT2D eigenvalue weighted by Gasteiger charge is -2.39. The highest BCUT2D eigenvalue weighted by Gasteiger charge is 2.37. The number of aliphatic carboxylic acids is 1. The quantitative estimate of drug-likeness (QED) is 0.856. The van der Waals surface area contributed by atoms with E-state index >= 15 is 0 Å². The monoisotopic (exact) mass is 270 g/mol. The maximum absolute atomic E-state index is 12.6. The molecule has 2 amide bonds. The normalized spacial score (nSPS) is 19.9. The van der Waals surface area contributed by atoms with Gasteiger partial charge in [-0.2, -0.15) is 0 Å². The van der Waals surface area contributed by atoms with Gasteiger partial charge in [0.1, 0.15) is 6.54 Å². The first-order chi connectivity index (χ1) is 8.64. The third kappa shape index (κ3) is 3.85. The Morgan fingerprint density at radius 1 is 1.37 bits per heavy atom. The predicted molar refractivity (Wildman–Crippen MR) is 74.1 cm³/mol. The maximum atomic E-state index is 12.6. The zero-order valence-corrected chi connectivity index (χ0v) is 12.6. The molecule has 0 spiro atoms. The first kappa shape index (κ1) is 15.8. The van der Waals surface area contributed by atoms with E-state index in [0.29, 0.717) is 5.92 Å². The van der Waals surface area contributed by atoms with E-state index in [-0.39, 0.29) is 18.6 Å². The minimum absolute atomic E-state index is 0.147. The molecule has 0 aromatic heterocycles. The minimum Gasteiger partial charge on any atom is -0.480 e. The summed E-state index contributed by atoms with van der Waals surface area (Å²) in [4.78, 5) is 26.9. The van der Waals surface area contributed by atoms with Crippen LogP contribution in [0.1, 0.15) is 47.5 Å². The summed E-state index contributed by atoms with van der Waals surface area (Å²) >= 11 is 0. The summed E-state index contributed by atoms with van der Waals surface area (Å²) < 4.78 is 0. The van der Waals surface area contributed by atoms with Gasteiger partial charge in [-0.3, -0.25) is 4.79 Å². The van der Waals surface area contributed by atoms with Crippen LogP contribution < -0.4 is 0 Å². The van der Waals surface area contributed by atoms with Crippen molar-refractivity contribution in [2.24, 2.45) is 5.92 Å². The van der Waals surface area contributed by atoms with Gasteiger partial charge in [0.2, 0.25) is 0 Å². The molecule has 0 aromatic rings. The molecule has 1 fully saturated rings. The number of carbonyl (C=O) groups excluding carboxylic acids is 1. The van der Waals surface area contributed by atoms with Gasteiger partial charge >= 0.3 is 12.0 Å². The molecule has 0 saturated carbocycles. The Balaban J connectivity index is 2.90. The zero-order chi connectivity index (χ0) is 14.8. The number of hydrogen-bond acceptors (Lipinski definition) is 2. The second-order valence-corrected chi connectivity index (χ2v) is 6.58. The Bertz CT molecular complexity index is 347. The van der Waals surface area contributed by atoms with Crippen molar-refractivity contribution in [3.05, 3.63) is 0 Å². The first-order valence-corrected chi connectivity index (χ1v) is 6.94. The Kier molecular flexibility index (Phi) is 4.82. The van der Waals surface area contributed by atoms with Crippen molar-refractivity contribution in [2.75, 3.05) is 13.1 Å². The molecular formula is C14H26N2O3. The molecule has 5 heteroatoms. The van der Waals surface area contributed by atoms with Gasteiger partial charge in [-0.05, 0) is 39.5 Å². The Morgan fingerprint density at radius 3 is 2.37 bits per heavy atom. The van der Waals surface area contributed by atoms with Gasteiger partial charge in [-0.25, -0.2) is 4.79 Å².